The quantitative estimate of drug-likeness (QED) is 0.500. The van der Waals surface area contributed by atoms with Gasteiger partial charge in [-0.05, 0) is 49.5 Å². The summed E-state index contributed by atoms with van der Waals surface area (Å²) in [5.41, 5.74) is 1.15. The number of benzene rings is 1. The van der Waals surface area contributed by atoms with Crippen molar-refractivity contribution in [3.05, 3.63) is 29.8 Å². The van der Waals surface area contributed by atoms with Crippen LogP contribution in [0.25, 0.3) is 0 Å². The van der Waals surface area contributed by atoms with Crippen molar-refractivity contribution in [1.82, 2.24) is 0 Å². The van der Waals surface area contributed by atoms with Gasteiger partial charge >= 0.3 is 8.56 Å². The number of hydrogen-bond donors (Lipinski definition) is 0. The Morgan fingerprint density at radius 1 is 1.05 bits per heavy atom. The molecule has 1 aromatic carbocycles. The largest absolute Gasteiger partial charge is 0.497 e. The van der Waals surface area contributed by atoms with Crippen molar-refractivity contribution in [1.29, 1.82) is 0 Å². The molecule has 3 nitrogen and oxygen atoms in total. The van der Waals surface area contributed by atoms with Crippen molar-refractivity contribution in [2.75, 3.05) is 13.7 Å². The maximum atomic E-state index is 5.97. The number of rotatable bonds is 9. The summed E-state index contributed by atoms with van der Waals surface area (Å²) in [6, 6.07) is 7.97. The second-order valence-corrected chi connectivity index (χ2v) is 9.30. The highest BCUT2D eigenvalue weighted by atomic mass is 28.4. The van der Waals surface area contributed by atoms with Crippen molar-refractivity contribution in [3.8, 4) is 5.75 Å². The van der Waals surface area contributed by atoms with Crippen LogP contribution in [0.5, 0.6) is 5.75 Å². The van der Waals surface area contributed by atoms with Gasteiger partial charge in [-0.3, -0.25) is 0 Å². The average molecular weight is 296 g/mol. The van der Waals surface area contributed by atoms with E-state index in [1.807, 2.05) is 24.3 Å². The van der Waals surface area contributed by atoms with Gasteiger partial charge in [0.2, 0.25) is 0 Å². The van der Waals surface area contributed by atoms with Gasteiger partial charge in [-0.2, -0.15) is 0 Å². The van der Waals surface area contributed by atoms with E-state index in [1.54, 1.807) is 7.11 Å². The molecule has 0 saturated carbocycles. The minimum Gasteiger partial charge on any atom is -0.497 e. The number of ether oxygens (including phenoxy) is 1. The second-order valence-electron chi connectivity index (χ2n) is 5.92. The lowest BCUT2D eigenvalue weighted by atomic mass is 10.1. The highest BCUT2D eigenvalue weighted by molar-refractivity contribution is 6.64. The van der Waals surface area contributed by atoms with E-state index in [-0.39, 0.29) is 0 Å². The Kier molecular flexibility index (Phi) is 7.27. The highest BCUT2D eigenvalue weighted by Gasteiger charge is 2.24. The summed E-state index contributed by atoms with van der Waals surface area (Å²) in [5, 5.41) is 0. The summed E-state index contributed by atoms with van der Waals surface area (Å²) in [5.74, 6) is 1.61. The Labute approximate surface area is 124 Å². The molecule has 0 bridgehead atoms. The van der Waals surface area contributed by atoms with Gasteiger partial charge in [0, 0.05) is 6.61 Å². The van der Waals surface area contributed by atoms with E-state index >= 15 is 0 Å². The molecule has 0 unspecified atom stereocenters. The Morgan fingerprint density at radius 3 is 2.25 bits per heavy atom. The fraction of sp³-hybridized carbons (Fsp3) is 0.625. The maximum absolute atomic E-state index is 5.97. The van der Waals surface area contributed by atoms with Crippen LogP contribution in [0.3, 0.4) is 0 Å². The predicted molar refractivity (Wildman–Crippen MR) is 85.3 cm³/mol. The van der Waals surface area contributed by atoms with E-state index in [1.165, 1.54) is 6.42 Å². The molecule has 0 radical (unpaired) electrons. The first-order valence-electron chi connectivity index (χ1n) is 7.34. The van der Waals surface area contributed by atoms with Gasteiger partial charge in [-0.25, -0.2) is 0 Å². The highest BCUT2D eigenvalue weighted by Crippen LogP contribution is 2.15. The van der Waals surface area contributed by atoms with E-state index in [9.17, 15) is 0 Å². The van der Waals surface area contributed by atoms with Gasteiger partial charge in [0.05, 0.1) is 13.7 Å². The first-order chi connectivity index (χ1) is 9.43. The Balaban J connectivity index is 2.30. The van der Waals surface area contributed by atoms with Gasteiger partial charge in [-0.15, -0.1) is 0 Å². The zero-order valence-electron chi connectivity index (χ0n) is 13.4. The lowest BCUT2D eigenvalue weighted by molar-refractivity contribution is 0.167. The van der Waals surface area contributed by atoms with Crippen LogP contribution in [0, 0.1) is 5.92 Å². The Bertz CT molecular complexity index is 374. The molecule has 0 aliphatic rings. The normalized spacial score (nSPS) is 11.9. The van der Waals surface area contributed by atoms with E-state index in [2.05, 4.69) is 26.9 Å². The van der Waals surface area contributed by atoms with Crippen LogP contribution in [-0.4, -0.2) is 22.3 Å². The molecule has 0 heterocycles. The van der Waals surface area contributed by atoms with Crippen molar-refractivity contribution in [2.45, 2.75) is 46.4 Å². The van der Waals surface area contributed by atoms with Crippen LogP contribution in [0.2, 0.25) is 13.1 Å². The lowest BCUT2D eigenvalue weighted by Gasteiger charge is -2.23. The first-order valence-corrected chi connectivity index (χ1v) is 10.2. The van der Waals surface area contributed by atoms with E-state index in [0.29, 0.717) is 6.61 Å². The standard InChI is InChI=1S/C16H28O3Si/c1-14(2)7-6-12-18-20(4,5)19-13-15-8-10-16(17-3)11-9-15/h8-11,14H,6-7,12-13H2,1-5H3. The third-order valence-corrected chi connectivity index (χ3v) is 4.86. The Hall–Kier alpha value is -0.843. The van der Waals surface area contributed by atoms with Crippen molar-refractivity contribution in [3.63, 3.8) is 0 Å². The SMILES string of the molecule is COc1ccc(CO[Si](C)(C)OCCCC(C)C)cc1. The summed E-state index contributed by atoms with van der Waals surface area (Å²) < 4.78 is 17.1. The fourth-order valence-corrected chi connectivity index (χ4v) is 3.06. The Morgan fingerprint density at radius 2 is 1.70 bits per heavy atom. The van der Waals surface area contributed by atoms with Crippen molar-refractivity contribution in [2.24, 2.45) is 5.92 Å². The van der Waals surface area contributed by atoms with Gasteiger partial charge < -0.3 is 13.6 Å². The second kappa shape index (κ2) is 8.45. The van der Waals surface area contributed by atoms with Gasteiger partial charge in [-0.1, -0.05) is 26.0 Å². The van der Waals surface area contributed by atoms with Crippen LogP contribution in [0.1, 0.15) is 32.3 Å². The fourth-order valence-electron chi connectivity index (χ4n) is 1.83. The smallest absolute Gasteiger partial charge is 0.332 e. The molecule has 1 aromatic rings. The van der Waals surface area contributed by atoms with Crippen LogP contribution in [0.4, 0.5) is 0 Å². The summed E-state index contributed by atoms with van der Waals surface area (Å²) in [4.78, 5) is 0. The zero-order chi connectivity index (χ0) is 15.0. The molecule has 20 heavy (non-hydrogen) atoms. The first kappa shape index (κ1) is 17.2. The van der Waals surface area contributed by atoms with Crippen molar-refractivity contribution < 1.29 is 13.6 Å². The van der Waals surface area contributed by atoms with E-state index in [0.717, 1.165) is 30.3 Å². The number of hydrogen-bond acceptors (Lipinski definition) is 3. The molecule has 0 N–H and O–H groups in total. The van der Waals surface area contributed by atoms with E-state index < -0.39 is 8.56 Å². The molecule has 4 heteroatoms. The lowest BCUT2D eigenvalue weighted by Crippen LogP contribution is -2.35. The molecule has 0 saturated heterocycles. The van der Waals surface area contributed by atoms with E-state index in [4.69, 9.17) is 13.6 Å². The zero-order valence-corrected chi connectivity index (χ0v) is 14.4. The molecule has 0 amide bonds. The van der Waals surface area contributed by atoms with Crippen LogP contribution >= 0.6 is 0 Å². The predicted octanol–water partition coefficient (Wildman–Crippen LogP) is 4.37. The summed E-state index contributed by atoms with van der Waals surface area (Å²) in [6.07, 6.45) is 2.32. The van der Waals surface area contributed by atoms with Gasteiger partial charge in [0.25, 0.3) is 0 Å². The summed E-state index contributed by atoms with van der Waals surface area (Å²) in [7, 11) is -0.338. The molecule has 114 valence electrons. The molecule has 1 rings (SSSR count). The molecule has 0 fully saturated rings. The third kappa shape index (κ3) is 7.08. The van der Waals surface area contributed by atoms with Gasteiger partial charge in [0.15, 0.2) is 0 Å². The van der Waals surface area contributed by atoms with Crippen LogP contribution in [0.15, 0.2) is 24.3 Å². The third-order valence-electron chi connectivity index (χ3n) is 3.12. The maximum Gasteiger partial charge on any atom is 0.332 e. The van der Waals surface area contributed by atoms with Crippen molar-refractivity contribution >= 4 is 8.56 Å². The molecule has 0 atom stereocenters. The minimum atomic E-state index is -2.01. The average Bonchev–Trinajstić information content (AvgIpc) is 2.42. The van der Waals surface area contributed by atoms with Gasteiger partial charge in [0.1, 0.15) is 5.75 Å². The van der Waals surface area contributed by atoms with Crippen LogP contribution < -0.4 is 4.74 Å². The minimum absolute atomic E-state index is 0.605. The molecular weight excluding hydrogens is 268 g/mol. The molecule has 0 aromatic heterocycles. The molecule has 0 aliphatic carbocycles. The molecular formula is C16H28O3Si. The number of methoxy groups -OCH3 is 1. The monoisotopic (exact) mass is 296 g/mol. The topological polar surface area (TPSA) is 27.7 Å². The summed E-state index contributed by atoms with van der Waals surface area (Å²) >= 11 is 0. The van der Waals surface area contributed by atoms with Crippen LogP contribution in [-0.2, 0) is 15.5 Å². The summed E-state index contributed by atoms with van der Waals surface area (Å²) in [6.45, 7) is 10.1. The molecule has 0 spiro atoms. The molecule has 0 aliphatic heterocycles.